The summed E-state index contributed by atoms with van der Waals surface area (Å²) in [5.74, 6) is -2.18. The topological polar surface area (TPSA) is 55.1 Å². The molecule has 0 bridgehead atoms. The largest absolute Gasteiger partial charge is 0.322 e. The van der Waals surface area contributed by atoms with Gasteiger partial charge in [-0.25, -0.2) is 8.78 Å². The molecule has 2 rings (SSSR count). The summed E-state index contributed by atoms with van der Waals surface area (Å²) in [6, 6.07) is 9.59. The number of nitrogens with one attached hydrogen (secondary N) is 1. The molecule has 1 atom stereocenters. The van der Waals surface area contributed by atoms with Crippen LogP contribution in [0.5, 0.6) is 0 Å². The number of hydrogen-bond donors (Lipinski definition) is 2. The maximum absolute atomic E-state index is 13.5. The van der Waals surface area contributed by atoms with Crippen molar-refractivity contribution in [2.75, 3.05) is 5.32 Å². The van der Waals surface area contributed by atoms with Gasteiger partial charge in [0.1, 0.15) is 17.7 Å². The lowest BCUT2D eigenvalue weighted by Crippen LogP contribution is -2.28. The van der Waals surface area contributed by atoms with E-state index in [1.807, 2.05) is 0 Å². The molecular formula is C14H11BrF2N2O. The van der Waals surface area contributed by atoms with Gasteiger partial charge in [-0.3, -0.25) is 4.79 Å². The van der Waals surface area contributed by atoms with Crippen molar-refractivity contribution in [1.29, 1.82) is 0 Å². The normalized spacial score (nSPS) is 12.0. The Morgan fingerprint density at radius 2 is 1.80 bits per heavy atom. The monoisotopic (exact) mass is 340 g/mol. The SMILES string of the molecule is N[C@H](C(=O)Nc1cc(Br)c(F)cc1F)c1ccccc1. The second-order valence-electron chi connectivity index (χ2n) is 4.12. The average Bonchev–Trinajstić information content (AvgIpc) is 2.44. The molecule has 0 fully saturated rings. The molecule has 0 saturated carbocycles. The fourth-order valence-corrected chi connectivity index (χ4v) is 1.98. The Balaban J connectivity index is 2.18. The van der Waals surface area contributed by atoms with E-state index in [1.54, 1.807) is 30.3 Å². The maximum Gasteiger partial charge on any atom is 0.245 e. The van der Waals surface area contributed by atoms with Crippen LogP contribution in [0.25, 0.3) is 0 Å². The van der Waals surface area contributed by atoms with E-state index >= 15 is 0 Å². The smallest absolute Gasteiger partial charge is 0.245 e. The molecule has 20 heavy (non-hydrogen) atoms. The quantitative estimate of drug-likeness (QED) is 0.841. The number of amides is 1. The van der Waals surface area contributed by atoms with Gasteiger partial charge in [0.05, 0.1) is 10.2 Å². The van der Waals surface area contributed by atoms with Gasteiger partial charge in [-0.05, 0) is 27.6 Å². The molecule has 6 heteroatoms. The third-order valence-corrected chi connectivity index (χ3v) is 3.32. The number of halogens is 3. The third-order valence-electron chi connectivity index (χ3n) is 2.71. The molecule has 0 saturated heterocycles. The number of carbonyl (C=O) groups is 1. The minimum absolute atomic E-state index is 0.0579. The zero-order valence-corrected chi connectivity index (χ0v) is 11.8. The molecule has 0 heterocycles. The summed E-state index contributed by atoms with van der Waals surface area (Å²) in [6.07, 6.45) is 0. The van der Waals surface area contributed by atoms with E-state index in [-0.39, 0.29) is 10.2 Å². The minimum Gasteiger partial charge on any atom is -0.322 e. The van der Waals surface area contributed by atoms with E-state index in [0.29, 0.717) is 11.6 Å². The molecular weight excluding hydrogens is 330 g/mol. The molecule has 104 valence electrons. The summed E-state index contributed by atoms with van der Waals surface area (Å²) < 4.78 is 26.7. The first-order valence-electron chi connectivity index (χ1n) is 5.75. The Hall–Kier alpha value is -1.79. The van der Waals surface area contributed by atoms with Crippen LogP contribution in [0.2, 0.25) is 0 Å². The molecule has 2 aromatic carbocycles. The first-order chi connectivity index (χ1) is 9.49. The Morgan fingerprint density at radius 3 is 2.45 bits per heavy atom. The molecule has 0 aliphatic rings. The van der Waals surface area contributed by atoms with E-state index in [2.05, 4.69) is 21.2 Å². The van der Waals surface area contributed by atoms with E-state index in [9.17, 15) is 13.6 Å². The molecule has 0 aliphatic carbocycles. The molecule has 0 unspecified atom stereocenters. The lowest BCUT2D eigenvalue weighted by atomic mass is 10.1. The van der Waals surface area contributed by atoms with Gasteiger partial charge in [-0.15, -0.1) is 0 Å². The van der Waals surface area contributed by atoms with Crippen LogP contribution in [0.3, 0.4) is 0 Å². The van der Waals surface area contributed by atoms with Crippen molar-refractivity contribution in [3.05, 3.63) is 64.1 Å². The Bertz CT molecular complexity index is 635. The van der Waals surface area contributed by atoms with Crippen LogP contribution in [-0.4, -0.2) is 5.91 Å². The summed E-state index contributed by atoms with van der Waals surface area (Å²) in [7, 11) is 0. The van der Waals surface area contributed by atoms with Gasteiger partial charge in [0.25, 0.3) is 0 Å². The van der Waals surface area contributed by atoms with Gasteiger partial charge in [0.2, 0.25) is 5.91 Å². The summed E-state index contributed by atoms with van der Waals surface area (Å²) in [6.45, 7) is 0. The zero-order valence-electron chi connectivity index (χ0n) is 10.2. The number of nitrogens with two attached hydrogens (primary N) is 1. The maximum atomic E-state index is 13.5. The molecule has 2 aromatic rings. The Kier molecular flexibility index (Phi) is 4.46. The van der Waals surface area contributed by atoms with Crippen LogP contribution in [0.15, 0.2) is 46.9 Å². The first-order valence-corrected chi connectivity index (χ1v) is 6.54. The van der Waals surface area contributed by atoms with Crippen LogP contribution in [0.4, 0.5) is 14.5 Å². The number of benzene rings is 2. The van der Waals surface area contributed by atoms with Crippen molar-refractivity contribution in [3.63, 3.8) is 0 Å². The number of carbonyl (C=O) groups excluding carboxylic acids is 1. The minimum atomic E-state index is -0.931. The zero-order chi connectivity index (χ0) is 14.7. The molecule has 1 amide bonds. The Morgan fingerprint density at radius 1 is 1.15 bits per heavy atom. The molecule has 0 aromatic heterocycles. The predicted octanol–water partition coefficient (Wildman–Crippen LogP) is 3.37. The first kappa shape index (κ1) is 14.6. The second kappa shape index (κ2) is 6.11. The molecule has 0 aliphatic heterocycles. The lowest BCUT2D eigenvalue weighted by molar-refractivity contribution is -0.117. The molecule has 3 N–H and O–H groups in total. The summed E-state index contributed by atoms with van der Waals surface area (Å²) in [5.41, 5.74) is 6.26. The second-order valence-corrected chi connectivity index (χ2v) is 4.98. The van der Waals surface area contributed by atoms with E-state index in [0.717, 1.165) is 6.07 Å². The van der Waals surface area contributed by atoms with E-state index in [1.165, 1.54) is 0 Å². The number of anilines is 1. The van der Waals surface area contributed by atoms with Crippen molar-refractivity contribution in [1.82, 2.24) is 0 Å². The van der Waals surface area contributed by atoms with E-state index < -0.39 is 23.6 Å². The van der Waals surface area contributed by atoms with Crippen LogP contribution >= 0.6 is 15.9 Å². The van der Waals surface area contributed by atoms with Crippen molar-refractivity contribution >= 4 is 27.5 Å². The molecule has 3 nitrogen and oxygen atoms in total. The average molecular weight is 341 g/mol. The molecule has 0 spiro atoms. The van der Waals surface area contributed by atoms with Gasteiger partial charge in [0.15, 0.2) is 0 Å². The van der Waals surface area contributed by atoms with Gasteiger partial charge >= 0.3 is 0 Å². The van der Waals surface area contributed by atoms with Crippen LogP contribution < -0.4 is 11.1 Å². The number of hydrogen-bond acceptors (Lipinski definition) is 2. The standard InChI is InChI=1S/C14H11BrF2N2O/c15-9-6-12(11(17)7-10(9)16)19-14(20)13(18)8-4-2-1-3-5-8/h1-7,13H,18H2,(H,19,20)/t13-/m0/s1. The van der Waals surface area contributed by atoms with Crippen LogP contribution in [0.1, 0.15) is 11.6 Å². The van der Waals surface area contributed by atoms with Crippen molar-refractivity contribution < 1.29 is 13.6 Å². The highest BCUT2D eigenvalue weighted by Gasteiger charge is 2.18. The van der Waals surface area contributed by atoms with Crippen molar-refractivity contribution in [3.8, 4) is 0 Å². The van der Waals surface area contributed by atoms with Crippen LogP contribution in [0, 0.1) is 11.6 Å². The van der Waals surface area contributed by atoms with Crippen LogP contribution in [-0.2, 0) is 4.79 Å². The lowest BCUT2D eigenvalue weighted by Gasteiger charge is -2.13. The summed E-state index contributed by atoms with van der Waals surface area (Å²) >= 11 is 2.93. The van der Waals surface area contributed by atoms with Gasteiger partial charge in [0, 0.05) is 6.07 Å². The molecule has 0 radical (unpaired) electrons. The highest BCUT2D eigenvalue weighted by atomic mass is 79.9. The highest BCUT2D eigenvalue weighted by molar-refractivity contribution is 9.10. The Labute approximate surface area is 122 Å². The summed E-state index contributed by atoms with van der Waals surface area (Å²) in [4.78, 5) is 11.9. The van der Waals surface area contributed by atoms with Gasteiger partial charge in [-0.2, -0.15) is 0 Å². The van der Waals surface area contributed by atoms with Gasteiger partial charge in [-0.1, -0.05) is 30.3 Å². The highest BCUT2D eigenvalue weighted by Crippen LogP contribution is 2.24. The third kappa shape index (κ3) is 3.20. The van der Waals surface area contributed by atoms with E-state index in [4.69, 9.17) is 5.73 Å². The van der Waals surface area contributed by atoms with Gasteiger partial charge < -0.3 is 11.1 Å². The predicted molar refractivity (Wildman–Crippen MR) is 76.1 cm³/mol. The van der Waals surface area contributed by atoms with Crippen molar-refractivity contribution in [2.24, 2.45) is 5.73 Å². The summed E-state index contributed by atoms with van der Waals surface area (Å²) in [5, 5.41) is 2.34. The fourth-order valence-electron chi connectivity index (χ4n) is 1.64. The van der Waals surface area contributed by atoms with Crippen molar-refractivity contribution in [2.45, 2.75) is 6.04 Å². The number of rotatable bonds is 3. The fraction of sp³-hybridized carbons (Fsp3) is 0.0714.